The van der Waals surface area contributed by atoms with Gasteiger partial charge in [0.1, 0.15) is 5.69 Å². The SMILES string of the molecule is [2H]c1cc(Cl)nnc1-c1cnc(OC)nc1OC. The van der Waals surface area contributed by atoms with Crippen molar-refractivity contribution in [2.75, 3.05) is 14.2 Å². The minimum absolute atomic E-state index is 0.113. The van der Waals surface area contributed by atoms with E-state index in [9.17, 15) is 0 Å². The molecule has 0 aliphatic heterocycles. The van der Waals surface area contributed by atoms with Crippen LogP contribution in [0.15, 0.2) is 18.3 Å². The number of hydrogen-bond donors (Lipinski definition) is 0. The van der Waals surface area contributed by atoms with Gasteiger partial charge in [0.15, 0.2) is 5.15 Å². The van der Waals surface area contributed by atoms with Gasteiger partial charge in [-0.2, -0.15) is 4.98 Å². The topological polar surface area (TPSA) is 70.0 Å². The fourth-order valence-corrected chi connectivity index (χ4v) is 1.27. The van der Waals surface area contributed by atoms with E-state index in [1.54, 1.807) is 0 Å². The van der Waals surface area contributed by atoms with Crippen LogP contribution in [0.5, 0.6) is 11.9 Å². The Balaban J connectivity index is 2.56. The summed E-state index contributed by atoms with van der Waals surface area (Å²) < 4.78 is 17.8. The molecule has 0 bridgehead atoms. The van der Waals surface area contributed by atoms with Crippen LogP contribution in [-0.4, -0.2) is 34.4 Å². The first-order chi connectivity index (χ1) is 8.65. The maximum atomic E-state index is 7.79. The van der Waals surface area contributed by atoms with Crippen LogP contribution in [0.2, 0.25) is 5.15 Å². The van der Waals surface area contributed by atoms with Gasteiger partial charge in [-0.25, -0.2) is 4.98 Å². The maximum absolute atomic E-state index is 7.79. The number of methoxy groups -OCH3 is 2. The zero-order valence-electron chi connectivity index (χ0n) is 10.1. The molecule has 0 aliphatic carbocycles. The van der Waals surface area contributed by atoms with Crippen molar-refractivity contribution in [2.45, 2.75) is 0 Å². The number of rotatable bonds is 3. The van der Waals surface area contributed by atoms with Crippen LogP contribution < -0.4 is 9.47 Å². The molecule has 0 aromatic carbocycles. The third-order valence-electron chi connectivity index (χ3n) is 1.94. The van der Waals surface area contributed by atoms with Crippen molar-refractivity contribution >= 4 is 11.6 Å². The molecule has 0 atom stereocenters. The van der Waals surface area contributed by atoms with Gasteiger partial charge in [-0.1, -0.05) is 11.6 Å². The quantitative estimate of drug-likeness (QED) is 0.828. The van der Waals surface area contributed by atoms with Crippen molar-refractivity contribution in [3.63, 3.8) is 0 Å². The lowest BCUT2D eigenvalue weighted by Gasteiger charge is -2.06. The van der Waals surface area contributed by atoms with E-state index in [0.29, 0.717) is 11.3 Å². The Bertz CT molecular complexity index is 582. The Kier molecular flexibility index (Phi) is 2.96. The lowest BCUT2D eigenvalue weighted by molar-refractivity contribution is 0.353. The number of hydrogen-bond acceptors (Lipinski definition) is 6. The van der Waals surface area contributed by atoms with Gasteiger partial charge in [0.05, 0.1) is 21.2 Å². The van der Waals surface area contributed by atoms with Crippen LogP contribution in [0.1, 0.15) is 1.37 Å². The number of ether oxygens (including phenoxy) is 2. The number of halogens is 1. The van der Waals surface area contributed by atoms with Crippen LogP contribution >= 0.6 is 11.6 Å². The summed E-state index contributed by atoms with van der Waals surface area (Å²) in [5.41, 5.74) is 0.742. The lowest BCUT2D eigenvalue weighted by atomic mass is 10.2. The van der Waals surface area contributed by atoms with Crippen molar-refractivity contribution in [1.82, 2.24) is 20.2 Å². The minimum atomic E-state index is 0.113. The van der Waals surface area contributed by atoms with Crippen LogP contribution in [0.3, 0.4) is 0 Å². The second-order valence-corrected chi connectivity index (χ2v) is 3.33. The molecule has 17 heavy (non-hydrogen) atoms. The summed E-state index contributed by atoms with van der Waals surface area (Å²) in [6, 6.07) is 1.67. The fraction of sp³-hybridized carbons (Fsp3) is 0.200. The molecule has 0 fully saturated rings. The molecule has 0 saturated carbocycles. The number of aromatic nitrogens is 4. The third kappa shape index (κ3) is 2.42. The summed E-state index contributed by atoms with van der Waals surface area (Å²) >= 11 is 5.65. The van der Waals surface area contributed by atoms with E-state index < -0.39 is 0 Å². The Morgan fingerprint density at radius 2 is 2.12 bits per heavy atom. The molecule has 0 aliphatic rings. The molecule has 7 heteroatoms. The summed E-state index contributed by atoms with van der Waals surface area (Å²) in [5.74, 6) is 0.256. The minimum Gasteiger partial charge on any atom is -0.480 e. The van der Waals surface area contributed by atoms with Crippen LogP contribution in [0.25, 0.3) is 11.3 Å². The summed E-state index contributed by atoms with van der Waals surface area (Å²) in [6.45, 7) is 0. The highest BCUT2D eigenvalue weighted by Gasteiger charge is 2.11. The second kappa shape index (κ2) is 4.92. The highest BCUT2D eigenvalue weighted by atomic mass is 35.5. The highest BCUT2D eigenvalue weighted by molar-refractivity contribution is 6.29. The molecular formula is C10H9ClN4O2. The molecule has 2 heterocycles. The van der Waals surface area contributed by atoms with Gasteiger partial charge in [-0.15, -0.1) is 10.2 Å². The summed E-state index contributed by atoms with van der Waals surface area (Å²) in [7, 11) is 2.91. The average Bonchev–Trinajstić information content (AvgIpc) is 2.38. The lowest BCUT2D eigenvalue weighted by Crippen LogP contribution is -1.98. The molecule has 2 rings (SSSR count). The Hall–Kier alpha value is -1.95. The van der Waals surface area contributed by atoms with Gasteiger partial charge >= 0.3 is 6.01 Å². The van der Waals surface area contributed by atoms with E-state index in [1.807, 2.05) is 0 Å². The molecule has 0 saturated heterocycles. The summed E-state index contributed by atoms with van der Waals surface area (Å²) in [5, 5.41) is 7.68. The van der Waals surface area contributed by atoms with Gasteiger partial charge in [0.25, 0.3) is 0 Å². The van der Waals surface area contributed by atoms with Gasteiger partial charge in [0, 0.05) is 6.20 Å². The van der Waals surface area contributed by atoms with Crippen LogP contribution in [0, 0.1) is 0 Å². The molecule has 0 spiro atoms. The third-order valence-corrected chi connectivity index (χ3v) is 2.12. The molecule has 0 radical (unpaired) electrons. The Morgan fingerprint density at radius 1 is 1.29 bits per heavy atom. The van der Waals surface area contributed by atoms with E-state index in [1.165, 1.54) is 26.5 Å². The van der Waals surface area contributed by atoms with Gasteiger partial charge in [0.2, 0.25) is 5.88 Å². The molecular weight excluding hydrogens is 244 g/mol. The van der Waals surface area contributed by atoms with Crippen molar-refractivity contribution < 1.29 is 10.8 Å². The van der Waals surface area contributed by atoms with Crippen molar-refractivity contribution in [2.24, 2.45) is 0 Å². The van der Waals surface area contributed by atoms with Gasteiger partial charge < -0.3 is 9.47 Å². The van der Waals surface area contributed by atoms with Crippen molar-refractivity contribution in [3.05, 3.63) is 23.5 Å². The second-order valence-electron chi connectivity index (χ2n) is 2.94. The first-order valence-electron chi connectivity index (χ1n) is 5.11. The van der Waals surface area contributed by atoms with Crippen molar-refractivity contribution in [1.29, 1.82) is 0 Å². The average molecular weight is 254 g/mol. The molecule has 2 aromatic rings. The van der Waals surface area contributed by atoms with E-state index in [0.717, 1.165) is 0 Å². The normalized spacial score (nSPS) is 10.9. The van der Waals surface area contributed by atoms with E-state index in [4.69, 9.17) is 22.4 Å². The van der Waals surface area contributed by atoms with E-state index in [-0.39, 0.29) is 23.1 Å². The predicted octanol–water partition coefficient (Wildman–Crippen LogP) is 1.60. The predicted molar refractivity (Wildman–Crippen MR) is 61.2 cm³/mol. The summed E-state index contributed by atoms with van der Waals surface area (Å²) in [4.78, 5) is 7.96. The first-order valence-corrected chi connectivity index (χ1v) is 4.98. The zero-order chi connectivity index (χ0) is 13.1. The summed E-state index contributed by atoms with van der Waals surface area (Å²) in [6.07, 6.45) is 1.46. The first kappa shape index (κ1) is 10.2. The monoisotopic (exact) mass is 253 g/mol. The number of nitrogens with zero attached hydrogens (tertiary/aromatic N) is 4. The smallest absolute Gasteiger partial charge is 0.319 e. The van der Waals surface area contributed by atoms with Gasteiger partial charge in [-0.05, 0) is 12.1 Å². The zero-order valence-corrected chi connectivity index (χ0v) is 9.89. The Morgan fingerprint density at radius 3 is 2.76 bits per heavy atom. The largest absolute Gasteiger partial charge is 0.480 e. The van der Waals surface area contributed by atoms with Crippen LogP contribution in [-0.2, 0) is 0 Å². The maximum Gasteiger partial charge on any atom is 0.319 e. The molecule has 88 valence electrons. The van der Waals surface area contributed by atoms with Crippen LogP contribution in [0.4, 0.5) is 0 Å². The highest BCUT2D eigenvalue weighted by Crippen LogP contribution is 2.26. The molecule has 6 nitrogen and oxygen atoms in total. The molecule has 0 amide bonds. The fourth-order valence-electron chi connectivity index (χ4n) is 1.18. The van der Waals surface area contributed by atoms with Crippen molar-refractivity contribution in [3.8, 4) is 23.1 Å². The molecule has 0 unspecified atom stereocenters. The van der Waals surface area contributed by atoms with E-state index in [2.05, 4.69) is 20.2 Å². The Labute approximate surface area is 104 Å². The van der Waals surface area contributed by atoms with Gasteiger partial charge in [-0.3, -0.25) is 0 Å². The molecule has 0 N–H and O–H groups in total. The standard InChI is InChI=1S/C10H9ClN4O2/c1-16-9-6(5-12-10(13-9)17-2)7-3-4-8(11)15-14-7/h3-5H,1-2H3/i3D. The van der Waals surface area contributed by atoms with E-state index >= 15 is 0 Å². The molecule has 2 aromatic heterocycles.